The van der Waals surface area contributed by atoms with Crippen LogP contribution in [0.25, 0.3) is 0 Å². The minimum Gasteiger partial charge on any atom is -0.462 e. The second-order valence-corrected chi connectivity index (χ2v) is 7.08. The van der Waals surface area contributed by atoms with E-state index in [1.54, 1.807) is 0 Å². The van der Waals surface area contributed by atoms with Crippen LogP contribution in [0.1, 0.15) is 66.2 Å². The van der Waals surface area contributed by atoms with E-state index in [0.717, 1.165) is 39.0 Å². The van der Waals surface area contributed by atoms with Crippen LogP contribution in [-0.2, 0) is 38.1 Å². The molecule has 1 fully saturated rings. The molecule has 1 aliphatic heterocycles. The van der Waals surface area contributed by atoms with Crippen LogP contribution in [-0.4, -0.2) is 61.9 Å². The second kappa shape index (κ2) is 13.5. The Morgan fingerprint density at radius 1 is 0.931 bits per heavy atom. The molecule has 0 N–H and O–H groups in total. The minimum atomic E-state index is -1.95. The lowest BCUT2D eigenvalue weighted by molar-refractivity contribution is -0.175. The third kappa shape index (κ3) is 9.54. The number of ether oxygens (including phenoxy) is 5. The monoisotopic (exact) mass is 420 g/mol. The first-order chi connectivity index (χ1) is 13.8. The zero-order valence-electron chi connectivity index (χ0n) is 17.7. The van der Waals surface area contributed by atoms with Crippen LogP contribution in [0.15, 0.2) is 0 Å². The normalized spacial score (nSPS) is 24.7. The van der Waals surface area contributed by atoms with E-state index in [1.807, 2.05) is 0 Å². The summed E-state index contributed by atoms with van der Waals surface area (Å²) in [6.07, 6.45) is -0.172. The fourth-order valence-electron chi connectivity index (χ4n) is 3.15. The molecule has 1 heterocycles. The van der Waals surface area contributed by atoms with E-state index in [4.69, 9.17) is 23.7 Å². The van der Waals surface area contributed by atoms with Gasteiger partial charge in [0, 0.05) is 27.4 Å². The number of unbranched alkanes of at least 4 members (excludes halogenated alkanes) is 5. The van der Waals surface area contributed by atoms with Crippen molar-refractivity contribution in [1.29, 1.82) is 0 Å². The van der Waals surface area contributed by atoms with Crippen LogP contribution >= 0.6 is 0 Å². The Bertz CT molecular complexity index is 527. The summed E-state index contributed by atoms with van der Waals surface area (Å²) in [5.74, 6) is -1.91. The number of alkyl halides is 1. The number of halogens is 1. The fraction of sp³-hybridized carbons (Fsp3) is 0.850. The molecular weight excluding hydrogens is 387 g/mol. The predicted octanol–water partition coefficient (Wildman–Crippen LogP) is 2.85. The first kappa shape index (κ1) is 25.3. The average molecular weight is 420 g/mol. The summed E-state index contributed by atoms with van der Waals surface area (Å²) < 4.78 is 40.6. The highest BCUT2D eigenvalue weighted by Gasteiger charge is 2.52. The van der Waals surface area contributed by atoms with Gasteiger partial charge in [0.15, 0.2) is 12.2 Å². The molecule has 1 saturated heterocycles. The smallest absolute Gasteiger partial charge is 0.303 e. The van der Waals surface area contributed by atoms with Crippen molar-refractivity contribution in [3.05, 3.63) is 0 Å². The van der Waals surface area contributed by atoms with E-state index in [9.17, 15) is 18.8 Å². The van der Waals surface area contributed by atoms with Crippen LogP contribution < -0.4 is 0 Å². The molecule has 0 amide bonds. The maximum Gasteiger partial charge on any atom is 0.303 e. The summed E-state index contributed by atoms with van der Waals surface area (Å²) in [7, 11) is 0. The maximum absolute atomic E-state index is 14.4. The molecule has 29 heavy (non-hydrogen) atoms. The van der Waals surface area contributed by atoms with E-state index >= 15 is 0 Å². The Morgan fingerprint density at radius 3 is 2.17 bits per heavy atom. The Balaban J connectivity index is 2.79. The number of hydrogen-bond donors (Lipinski definition) is 0. The highest BCUT2D eigenvalue weighted by Crippen LogP contribution is 2.31. The second-order valence-electron chi connectivity index (χ2n) is 7.08. The summed E-state index contributed by atoms with van der Waals surface area (Å²) in [5.41, 5.74) is 0. The summed E-state index contributed by atoms with van der Waals surface area (Å²) in [6.45, 7) is 5.66. The molecule has 0 radical (unpaired) electrons. The summed E-state index contributed by atoms with van der Waals surface area (Å²) in [6, 6.07) is 0. The van der Waals surface area contributed by atoms with Crippen molar-refractivity contribution in [3.63, 3.8) is 0 Å². The third-order valence-electron chi connectivity index (χ3n) is 4.44. The van der Waals surface area contributed by atoms with Gasteiger partial charge in [0.2, 0.25) is 6.36 Å². The number of carbonyl (C=O) groups is 3. The lowest BCUT2D eigenvalue weighted by Gasteiger charge is -2.28. The Morgan fingerprint density at radius 2 is 1.59 bits per heavy atom. The highest BCUT2D eigenvalue weighted by molar-refractivity contribution is 5.67. The average Bonchev–Trinajstić information content (AvgIpc) is 2.93. The molecular formula is C20H33FO8. The molecule has 168 valence electrons. The van der Waals surface area contributed by atoms with E-state index in [2.05, 4.69) is 6.92 Å². The fourth-order valence-corrected chi connectivity index (χ4v) is 3.15. The summed E-state index contributed by atoms with van der Waals surface area (Å²) >= 11 is 0. The molecule has 0 aliphatic carbocycles. The van der Waals surface area contributed by atoms with Gasteiger partial charge in [-0.3, -0.25) is 14.4 Å². The Kier molecular flexibility index (Phi) is 11.8. The van der Waals surface area contributed by atoms with E-state index < -0.39 is 48.7 Å². The lowest BCUT2D eigenvalue weighted by Crippen LogP contribution is -2.46. The third-order valence-corrected chi connectivity index (χ3v) is 4.44. The molecule has 9 heteroatoms. The van der Waals surface area contributed by atoms with Gasteiger partial charge in [-0.1, -0.05) is 39.0 Å². The first-order valence-corrected chi connectivity index (χ1v) is 10.1. The van der Waals surface area contributed by atoms with Crippen LogP contribution in [0.5, 0.6) is 0 Å². The standard InChI is InChI=1S/C20H33FO8/c1-5-6-7-8-9-10-11-25-18-17(29-20(21)19(18)28-15(4)24)16(27-14(3)23)12-26-13(2)22/h16-20H,5-12H2,1-4H3/t16-,17-,18+,19-,20-/m1/s1. The molecule has 0 bridgehead atoms. The van der Waals surface area contributed by atoms with Gasteiger partial charge in [-0.25, -0.2) is 4.39 Å². The zero-order chi connectivity index (χ0) is 21.8. The van der Waals surface area contributed by atoms with Crippen molar-refractivity contribution < 1.29 is 42.5 Å². The van der Waals surface area contributed by atoms with Crippen LogP contribution in [0.3, 0.4) is 0 Å². The molecule has 1 aliphatic rings. The largest absolute Gasteiger partial charge is 0.462 e. The SMILES string of the molecule is CCCCCCCCO[C@@H]1[C@@H](OC(C)=O)[C@H](F)O[C@@H]1[C@@H](COC(C)=O)OC(C)=O. The van der Waals surface area contributed by atoms with Gasteiger partial charge in [0.25, 0.3) is 0 Å². The van der Waals surface area contributed by atoms with Crippen molar-refractivity contribution in [3.8, 4) is 0 Å². The molecule has 0 aromatic heterocycles. The molecule has 0 unspecified atom stereocenters. The van der Waals surface area contributed by atoms with Crippen molar-refractivity contribution >= 4 is 17.9 Å². The summed E-state index contributed by atoms with van der Waals surface area (Å²) in [5, 5.41) is 0. The van der Waals surface area contributed by atoms with Gasteiger partial charge in [-0.2, -0.15) is 0 Å². The van der Waals surface area contributed by atoms with Crippen molar-refractivity contribution in [2.45, 2.75) is 97.0 Å². The molecule has 0 spiro atoms. The topological polar surface area (TPSA) is 97.4 Å². The number of carbonyl (C=O) groups excluding carboxylic acids is 3. The maximum atomic E-state index is 14.4. The van der Waals surface area contributed by atoms with Gasteiger partial charge in [-0.15, -0.1) is 0 Å². The zero-order valence-corrected chi connectivity index (χ0v) is 17.7. The molecule has 8 nitrogen and oxygen atoms in total. The highest BCUT2D eigenvalue weighted by atomic mass is 19.1. The first-order valence-electron chi connectivity index (χ1n) is 10.1. The number of rotatable bonds is 13. The van der Waals surface area contributed by atoms with Gasteiger partial charge in [0.1, 0.15) is 18.8 Å². The Hall–Kier alpha value is -1.74. The molecule has 0 aromatic carbocycles. The number of esters is 3. The molecule has 5 atom stereocenters. The lowest BCUT2D eigenvalue weighted by atomic mass is 10.1. The predicted molar refractivity (Wildman–Crippen MR) is 101 cm³/mol. The minimum absolute atomic E-state index is 0.307. The van der Waals surface area contributed by atoms with Crippen LogP contribution in [0.2, 0.25) is 0 Å². The quantitative estimate of drug-likeness (QED) is 0.255. The number of hydrogen-bond acceptors (Lipinski definition) is 8. The van der Waals surface area contributed by atoms with Gasteiger partial charge >= 0.3 is 17.9 Å². The van der Waals surface area contributed by atoms with Gasteiger partial charge in [0.05, 0.1) is 0 Å². The summed E-state index contributed by atoms with van der Waals surface area (Å²) in [4.78, 5) is 34.0. The van der Waals surface area contributed by atoms with Crippen molar-refractivity contribution in [2.24, 2.45) is 0 Å². The van der Waals surface area contributed by atoms with Crippen LogP contribution in [0.4, 0.5) is 4.39 Å². The van der Waals surface area contributed by atoms with Crippen molar-refractivity contribution in [2.75, 3.05) is 13.2 Å². The Labute approximate surface area is 171 Å². The van der Waals surface area contributed by atoms with Crippen molar-refractivity contribution in [1.82, 2.24) is 0 Å². The molecule has 0 saturated carbocycles. The van der Waals surface area contributed by atoms with Crippen LogP contribution in [0, 0.1) is 0 Å². The van der Waals surface area contributed by atoms with E-state index in [-0.39, 0.29) is 6.61 Å². The molecule has 0 aromatic rings. The van der Waals surface area contributed by atoms with E-state index in [1.165, 1.54) is 20.3 Å². The molecule has 1 rings (SSSR count). The van der Waals surface area contributed by atoms with Gasteiger partial charge < -0.3 is 23.7 Å². The van der Waals surface area contributed by atoms with E-state index in [0.29, 0.717) is 6.61 Å². The van der Waals surface area contributed by atoms with Gasteiger partial charge in [-0.05, 0) is 6.42 Å².